The summed E-state index contributed by atoms with van der Waals surface area (Å²) in [5.74, 6) is 0.0392. The standard InChI is InChI=1S/C19H29N3O4/c1-21(6-7-26-2)9-14-10-22(11-15(14)12-23)18-16(19(24)25)8-13-4-3-5-17(13)20-18/h8,14-15,23H,3-7,9-12H2,1-2H3,(H,24,25)/t14-,15-/m1/s1. The summed E-state index contributed by atoms with van der Waals surface area (Å²) in [6.07, 6.45) is 2.87. The van der Waals surface area contributed by atoms with Crippen molar-refractivity contribution < 1.29 is 19.7 Å². The molecule has 1 saturated heterocycles. The molecule has 1 fully saturated rings. The number of aliphatic hydroxyl groups is 1. The van der Waals surface area contributed by atoms with E-state index in [1.54, 1.807) is 13.2 Å². The number of rotatable bonds is 8. The molecule has 0 amide bonds. The van der Waals surface area contributed by atoms with Gasteiger partial charge in [0.1, 0.15) is 11.4 Å². The summed E-state index contributed by atoms with van der Waals surface area (Å²) in [5.41, 5.74) is 2.39. The molecule has 0 aromatic carbocycles. The van der Waals surface area contributed by atoms with Gasteiger partial charge < -0.3 is 24.7 Å². The van der Waals surface area contributed by atoms with Gasteiger partial charge in [-0.3, -0.25) is 0 Å². The first-order valence-corrected chi connectivity index (χ1v) is 9.32. The van der Waals surface area contributed by atoms with Gasteiger partial charge in [-0.25, -0.2) is 9.78 Å². The quantitative estimate of drug-likeness (QED) is 0.709. The summed E-state index contributed by atoms with van der Waals surface area (Å²) in [6.45, 7) is 3.82. The van der Waals surface area contributed by atoms with Crippen LogP contribution in [-0.4, -0.2) is 79.6 Å². The van der Waals surface area contributed by atoms with Crippen LogP contribution in [0.3, 0.4) is 0 Å². The van der Waals surface area contributed by atoms with E-state index < -0.39 is 5.97 Å². The minimum absolute atomic E-state index is 0.104. The summed E-state index contributed by atoms with van der Waals surface area (Å²) in [5, 5.41) is 19.5. The lowest BCUT2D eigenvalue weighted by Gasteiger charge is -2.24. The highest BCUT2D eigenvalue weighted by molar-refractivity contribution is 5.93. The minimum atomic E-state index is -0.927. The maximum atomic E-state index is 11.8. The average Bonchev–Trinajstić information content (AvgIpc) is 3.24. The highest BCUT2D eigenvalue weighted by atomic mass is 16.5. The molecule has 2 atom stereocenters. The van der Waals surface area contributed by atoms with E-state index in [-0.39, 0.29) is 24.0 Å². The molecule has 0 radical (unpaired) electrons. The van der Waals surface area contributed by atoms with Gasteiger partial charge in [0.15, 0.2) is 0 Å². The van der Waals surface area contributed by atoms with Crippen LogP contribution in [0.5, 0.6) is 0 Å². The molecule has 2 aliphatic rings. The van der Waals surface area contributed by atoms with Crippen molar-refractivity contribution in [3.63, 3.8) is 0 Å². The second-order valence-electron chi connectivity index (χ2n) is 7.49. The number of aromatic nitrogens is 1. The molecule has 26 heavy (non-hydrogen) atoms. The Bertz CT molecular complexity index is 652. The molecule has 2 heterocycles. The number of likely N-dealkylation sites (N-methyl/N-ethyl adjacent to an activating group) is 1. The van der Waals surface area contributed by atoms with E-state index in [4.69, 9.17) is 9.72 Å². The van der Waals surface area contributed by atoms with Crippen LogP contribution >= 0.6 is 0 Å². The van der Waals surface area contributed by atoms with Crippen LogP contribution in [0.25, 0.3) is 0 Å². The summed E-state index contributed by atoms with van der Waals surface area (Å²) < 4.78 is 5.13. The van der Waals surface area contributed by atoms with E-state index in [2.05, 4.69) is 9.80 Å². The number of aliphatic hydroxyl groups excluding tert-OH is 1. The van der Waals surface area contributed by atoms with E-state index in [0.29, 0.717) is 25.5 Å². The van der Waals surface area contributed by atoms with Gasteiger partial charge in [-0.15, -0.1) is 0 Å². The zero-order valence-electron chi connectivity index (χ0n) is 15.6. The van der Waals surface area contributed by atoms with Crippen molar-refractivity contribution >= 4 is 11.8 Å². The molecule has 1 aliphatic carbocycles. The number of carboxylic acid groups (broad SMARTS) is 1. The van der Waals surface area contributed by atoms with Crippen molar-refractivity contribution in [1.29, 1.82) is 0 Å². The van der Waals surface area contributed by atoms with Crippen molar-refractivity contribution in [3.8, 4) is 0 Å². The lowest BCUT2D eigenvalue weighted by Crippen LogP contribution is -2.33. The van der Waals surface area contributed by atoms with E-state index in [1.165, 1.54) is 0 Å². The Balaban J connectivity index is 1.78. The van der Waals surface area contributed by atoms with Gasteiger partial charge in [0.2, 0.25) is 0 Å². The number of anilines is 1. The van der Waals surface area contributed by atoms with E-state index in [0.717, 1.165) is 43.6 Å². The summed E-state index contributed by atoms with van der Waals surface area (Å²) >= 11 is 0. The fourth-order valence-corrected chi connectivity index (χ4v) is 4.12. The van der Waals surface area contributed by atoms with Crippen LogP contribution in [0.4, 0.5) is 5.82 Å². The normalized spacial score (nSPS) is 22.2. The molecule has 7 nitrogen and oxygen atoms in total. The Hall–Kier alpha value is -1.70. The topological polar surface area (TPSA) is 86.1 Å². The lowest BCUT2D eigenvalue weighted by molar-refractivity contribution is 0.0697. The monoisotopic (exact) mass is 363 g/mol. The first-order valence-electron chi connectivity index (χ1n) is 9.32. The first-order chi connectivity index (χ1) is 12.5. The van der Waals surface area contributed by atoms with Crippen molar-refractivity contribution in [2.75, 3.05) is 58.5 Å². The maximum Gasteiger partial charge on any atom is 0.339 e. The van der Waals surface area contributed by atoms with Crippen LogP contribution < -0.4 is 4.90 Å². The van der Waals surface area contributed by atoms with Gasteiger partial charge in [0, 0.05) is 51.5 Å². The Morgan fingerprint density at radius 3 is 2.85 bits per heavy atom. The predicted molar refractivity (Wildman–Crippen MR) is 98.9 cm³/mol. The SMILES string of the molecule is COCCN(C)C[C@@H]1CN(c2nc3c(cc2C(=O)O)CCC3)C[C@@H]1CO. The molecule has 1 aromatic heterocycles. The second kappa shape index (κ2) is 8.33. The summed E-state index contributed by atoms with van der Waals surface area (Å²) in [7, 11) is 3.74. The highest BCUT2D eigenvalue weighted by Crippen LogP contribution is 2.33. The molecular formula is C19H29N3O4. The zero-order valence-corrected chi connectivity index (χ0v) is 15.6. The highest BCUT2D eigenvalue weighted by Gasteiger charge is 2.35. The van der Waals surface area contributed by atoms with E-state index in [9.17, 15) is 15.0 Å². The van der Waals surface area contributed by atoms with Gasteiger partial charge in [0.25, 0.3) is 0 Å². The van der Waals surface area contributed by atoms with Gasteiger partial charge in [-0.1, -0.05) is 0 Å². The van der Waals surface area contributed by atoms with Crippen molar-refractivity contribution in [2.45, 2.75) is 19.3 Å². The van der Waals surface area contributed by atoms with Crippen LogP contribution in [0, 0.1) is 11.8 Å². The number of aryl methyl sites for hydroxylation is 2. The molecule has 7 heteroatoms. The van der Waals surface area contributed by atoms with E-state index in [1.807, 2.05) is 7.05 Å². The molecule has 0 spiro atoms. The largest absolute Gasteiger partial charge is 0.478 e. The number of pyridine rings is 1. The smallest absolute Gasteiger partial charge is 0.339 e. The Kier molecular flexibility index (Phi) is 6.11. The molecule has 144 valence electrons. The fraction of sp³-hybridized carbons (Fsp3) is 0.684. The van der Waals surface area contributed by atoms with Crippen LogP contribution in [0.15, 0.2) is 6.07 Å². The molecule has 0 unspecified atom stereocenters. The third kappa shape index (κ3) is 4.00. The number of fused-ring (bicyclic) bond motifs is 1. The molecule has 3 rings (SSSR count). The van der Waals surface area contributed by atoms with Gasteiger partial charge in [-0.2, -0.15) is 0 Å². The Labute approximate surface area is 154 Å². The number of methoxy groups -OCH3 is 1. The predicted octanol–water partition coefficient (Wildman–Crippen LogP) is 0.891. The lowest BCUT2D eigenvalue weighted by atomic mass is 9.96. The second-order valence-corrected chi connectivity index (χ2v) is 7.49. The van der Waals surface area contributed by atoms with Crippen LogP contribution in [-0.2, 0) is 17.6 Å². The minimum Gasteiger partial charge on any atom is -0.478 e. The van der Waals surface area contributed by atoms with Crippen molar-refractivity contribution in [2.24, 2.45) is 11.8 Å². The van der Waals surface area contributed by atoms with Crippen molar-refractivity contribution in [3.05, 3.63) is 22.9 Å². The van der Waals surface area contributed by atoms with Gasteiger partial charge >= 0.3 is 5.97 Å². The number of hydrogen-bond donors (Lipinski definition) is 2. The molecule has 2 N–H and O–H groups in total. The molecule has 1 aliphatic heterocycles. The molecule has 0 saturated carbocycles. The number of ether oxygens (including phenoxy) is 1. The van der Waals surface area contributed by atoms with Crippen LogP contribution in [0.2, 0.25) is 0 Å². The molecule has 0 bridgehead atoms. The number of aromatic carboxylic acids is 1. The third-order valence-corrected chi connectivity index (χ3v) is 5.59. The number of carboxylic acids is 1. The summed E-state index contributed by atoms with van der Waals surface area (Å²) in [4.78, 5) is 20.7. The molecule has 1 aromatic rings. The fourth-order valence-electron chi connectivity index (χ4n) is 4.12. The van der Waals surface area contributed by atoms with Gasteiger partial charge in [0.05, 0.1) is 6.61 Å². The van der Waals surface area contributed by atoms with E-state index >= 15 is 0 Å². The number of carbonyl (C=O) groups is 1. The zero-order chi connectivity index (χ0) is 18.7. The summed E-state index contributed by atoms with van der Waals surface area (Å²) in [6, 6.07) is 1.80. The first kappa shape index (κ1) is 19.1. The average molecular weight is 363 g/mol. The number of hydrogen-bond acceptors (Lipinski definition) is 6. The van der Waals surface area contributed by atoms with Gasteiger partial charge in [-0.05, 0) is 43.9 Å². The maximum absolute atomic E-state index is 11.8. The van der Waals surface area contributed by atoms with Crippen molar-refractivity contribution in [1.82, 2.24) is 9.88 Å². The Morgan fingerprint density at radius 2 is 2.15 bits per heavy atom. The third-order valence-electron chi connectivity index (χ3n) is 5.59. The van der Waals surface area contributed by atoms with Crippen LogP contribution in [0.1, 0.15) is 28.0 Å². The Morgan fingerprint density at radius 1 is 1.38 bits per heavy atom. The molecular weight excluding hydrogens is 334 g/mol. The number of nitrogens with zero attached hydrogens (tertiary/aromatic N) is 3.